The smallest absolute Gasteiger partial charge is 0.350 e. The normalized spacial score (nSPS) is 20.0. The molecular formula is C38H40Cl2N6O4. The highest BCUT2D eigenvalue weighted by molar-refractivity contribution is 6.35. The second kappa shape index (κ2) is 15.0. The number of aromatic nitrogens is 5. The van der Waals surface area contributed by atoms with E-state index in [1.54, 1.807) is 35.6 Å². The van der Waals surface area contributed by atoms with Gasteiger partial charge in [-0.05, 0) is 72.9 Å². The number of halogens is 2. The largest absolute Gasteiger partial charge is 0.491 e. The molecule has 0 aliphatic carbocycles. The van der Waals surface area contributed by atoms with Gasteiger partial charge in [0.25, 0.3) is 0 Å². The van der Waals surface area contributed by atoms with Gasteiger partial charge in [0.1, 0.15) is 24.8 Å². The third kappa shape index (κ3) is 7.45. The molecule has 1 fully saturated rings. The van der Waals surface area contributed by atoms with Crippen LogP contribution in [0.1, 0.15) is 48.6 Å². The molecule has 1 unspecified atom stereocenters. The molecule has 7 rings (SSSR count). The van der Waals surface area contributed by atoms with E-state index < -0.39 is 5.79 Å². The second-order valence-electron chi connectivity index (χ2n) is 12.9. The monoisotopic (exact) mass is 714 g/mol. The van der Waals surface area contributed by atoms with E-state index in [0.29, 0.717) is 35.4 Å². The van der Waals surface area contributed by atoms with Crippen LogP contribution in [0.25, 0.3) is 11.8 Å². The molecular weight excluding hydrogens is 675 g/mol. The maximum atomic E-state index is 12.7. The highest BCUT2D eigenvalue weighted by Gasteiger charge is 2.45. The number of hydrogen-bond acceptors (Lipinski definition) is 7. The Morgan fingerprint density at radius 2 is 1.94 bits per heavy atom. The zero-order valence-electron chi connectivity index (χ0n) is 28.1. The standard InChI is InChI=1S/C38H40Cl2N6O4/c1-3-27(2)46-37(47)45(26-42-46)32-10-6-28(7-11-32)5-4-16-43-17-14-29-19-33(12-8-30(29)21-43)48-22-34-23-49-38(50-34,24-44-18-15-41-25-44)35-13-9-31(39)20-36(35)40/h4-13,15,18-20,25-27,34H,3,14,16-17,21-24H2,1-2H3/b5-4+/t27?,34-,38-/m1/s1. The van der Waals surface area contributed by atoms with Crippen LogP contribution >= 0.6 is 23.2 Å². The van der Waals surface area contributed by atoms with E-state index in [9.17, 15) is 4.79 Å². The van der Waals surface area contributed by atoms with E-state index in [1.165, 1.54) is 15.8 Å². The summed E-state index contributed by atoms with van der Waals surface area (Å²) in [4.78, 5) is 19.3. The summed E-state index contributed by atoms with van der Waals surface area (Å²) >= 11 is 12.8. The number of benzene rings is 3. The van der Waals surface area contributed by atoms with Crippen LogP contribution < -0.4 is 10.4 Å². The Labute approximate surface area is 301 Å². The molecule has 0 spiro atoms. The Balaban J connectivity index is 0.924. The zero-order chi connectivity index (χ0) is 34.7. The molecule has 2 aliphatic heterocycles. The summed E-state index contributed by atoms with van der Waals surface area (Å²) in [5, 5.41) is 5.31. The molecule has 10 nitrogen and oxygen atoms in total. The molecule has 1 saturated heterocycles. The highest BCUT2D eigenvalue weighted by Crippen LogP contribution is 2.40. The molecule has 0 amide bonds. The Morgan fingerprint density at radius 1 is 1.08 bits per heavy atom. The third-order valence-electron chi connectivity index (χ3n) is 9.40. The summed E-state index contributed by atoms with van der Waals surface area (Å²) in [7, 11) is 0. The zero-order valence-corrected chi connectivity index (χ0v) is 29.6. The maximum Gasteiger partial charge on any atom is 0.350 e. The fourth-order valence-electron chi connectivity index (χ4n) is 6.45. The maximum absolute atomic E-state index is 12.7. The minimum absolute atomic E-state index is 0.0685. The first-order chi connectivity index (χ1) is 24.3. The molecule has 12 heteroatoms. The van der Waals surface area contributed by atoms with Crippen molar-refractivity contribution in [3.63, 3.8) is 0 Å². The Bertz CT molecular complexity index is 2010. The Kier molecular flexibility index (Phi) is 10.3. The number of fused-ring (bicyclic) bond motifs is 1. The molecule has 5 aromatic rings. The van der Waals surface area contributed by atoms with Crippen LogP contribution in [0.5, 0.6) is 5.75 Å². The van der Waals surface area contributed by atoms with E-state index in [-0.39, 0.29) is 17.8 Å². The van der Waals surface area contributed by atoms with Gasteiger partial charge < -0.3 is 18.8 Å². The van der Waals surface area contributed by atoms with Crippen molar-refractivity contribution >= 4 is 29.3 Å². The van der Waals surface area contributed by atoms with Gasteiger partial charge in [-0.2, -0.15) is 5.10 Å². The van der Waals surface area contributed by atoms with Crippen molar-refractivity contribution in [1.82, 2.24) is 28.8 Å². The quantitative estimate of drug-likeness (QED) is 0.139. The van der Waals surface area contributed by atoms with Crippen molar-refractivity contribution in [2.75, 3.05) is 26.3 Å². The van der Waals surface area contributed by atoms with Gasteiger partial charge in [0.2, 0.25) is 5.79 Å². The first kappa shape index (κ1) is 34.3. The first-order valence-electron chi connectivity index (χ1n) is 16.9. The summed E-state index contributed by atoms with van der Waals surface area (Å²) in [5.41, 5.74) is 5.10. The number of nitrogens with zero attached hydrogens (tertiary/aromatic N) is 6. The fourth-order valence-corrected chi connectivity index (χ4v) is 7.00. The average Bonchev–Trinajstić information content (AvgIpc) is 3.88. The Morgan fingerprint density at radius 3 is 2.72 bits per heavy atom. The topological polar surface area (TPSA) is 88.6 Å². The van der Waals surface area contributed by atoms with Crippen molar-refractivity contribution in [3.8, 4) is 11.4 Å². The lowest BCUT2D eigenvalue weighted by Gasteiger charge is -2.30. The second-order valence-corrected chi connectivity index (χ2v) is 13.7. The summed E-state index contributed by atoms with van der Waals surface area (Å²) in [5.74, 6) is -0.276. The summed E-state index contributed by atoms with van der Waals surface area (Å²) < 4.78 is 24.1. The van der Waals surface area contributed by atoms with Crippen molar-refractivity contribution < 1.29 is 14.2 Å². The summed E-state index contributed by atoms with van der Waals surface area (Å²) in [6.45, 7) is 7.81. The fraction of sp³-hybridized carbons (Fsp3) is 0.342. The molecule has 3 atom stereocenters. The van der Waals surface area contributed by atoms with E-state index in [4.69, 9.17) is 37.4 Å². The summed E-state index contributed by atoms with van der Waals surface area (Å²) in [6.07, 6.45) is 12.7. The van der Waals surface area contributed by atoms with Crippen molar-refractivity contribution in [1.29, 1.82) is 0 Å². The van der Waals surface area contributed by atoms with Crippen LogP contribution in [0.4, 0.5) is 0 Å². The molecule has 50 heavy (non-hydrogen) atoms. The van der Waals surface area contributed by atoms with Crippen molar-refractivity contribution in [3.05, 3.63) is 135 Å². The molecule has 4 heterocycles. The van der Waals surface area contributed by atoms with Gasteiger partial charge in [0.15, 0.2) is 0 Å². The minimum atomic E-state index is -1.09. The van der Waals surface area contributed by atoms with Crippen LogP contribution in [0.3, 0.4) is 0 Å². The molecule has 2 aliphatic rings. The van der Waals surface area contributed by atoms with Gasteiger partial charge in [-0.25, -0.2) is 19.0 Å². The number of ether oxygens (including phenoxy) is 3. The van der Waals surface area contributed by atoms with Gasteiger partial charge in [-0.1, -0.05) is 66.5 Å². The number of rotatable bonds is 12. The molecule has 0 radical (unpaired) electrons. The van der Waals surface area contributed by atoms with Gasteiger partial charge in [0, 0.05) is 42.6 Å². The summed E-state index contributed by atoms with van der Waals surface area (Å²) in [6, 6.07) is 19.7. The van der Waals surface area contributed by atoms with E-state index in [1.807, 2.05) is 61.0 Å². The van der Waals surface area contributed by atoms with Crippen LogP contribution in [-0.4, -0.2) is 61.2 Å². The van der Waals surface area contributed by atoms with Crippen LogP contribution in [0.15, 0.2) is 96.6 Å². The van der Waals surface area contributed by atoms with Crippen molar-refractivity contribution in [2.24, 2.45) is 0 Å². The number of hydrogen-bond donors (Lipinski definition) is 0. The van der Waals surface area contributed by atoms with Crippen LogP contribution in [0.2, 0.25) is 10.0 Å². The first-order valence-corrected chi connectivity index (χ1v) is 17.7. The van der Waals surface area contributed by atoms with Crippen LogP contribution in [0, 0.1) is 0 Å². The lowest BCUT2D eigenvalue weighted by atomic mass is 9.99. The lowest BCUT2D eigenvalue weighted by molar-refractivity contribution is -0.189. The SMILES string of the molecule is CCC(C)n1ncn(-c2ccc(/C=C/CN3CCc4cc(OC[C@@H]5CO[C@@](Cn6ccnc6)(c6ccc(Cl)cc6Cl)O5)ccc4C3)cc2)c1=O. The highest BCUT2D eigenvalue weighted by atomic mass is 35.5. The average molecular weight is 716 g/mol. The Hall–Kier alpha value is -4.19. The third-order valence-corrected chi connectivity index (χ3v) is 9.95. The molecule has 3 aromatic carbocycles. The van der Waals surface area contributed by atoms with E-state index in [0.717, 1.165) is 49.5 Å². The molecule has 260 valence electrons. The van der Waals surface area contributed by atoms with Gasteiger partial charge in [-0.3, -0.25) is 4.90 Å². The lowest BCUT2D eigenvalue weighted by Crippen LogP contribution is -2.34. The van der Waals surface area contributed by atoms with E-state index >= 15 is 0 Å². The van der Waals surface area contributed by atoms with Gasteiger partial charge in [0.05, 0.1) is 36.2 Å². The van der Waals surface area contributed by atoms with Crippen molar-refractivity contribution in [2.45, 2.75) is 57.7 Å². The molecule has 0 bridgehead atoms. The molecule has 0 N–H and O–H groups in total. The van der Waals surface area contributed by atoms with Gasteiger partial charge >= 0.3 is 5.69 Å². The predicted octanol–water partition coefficient (Wildman–Crippen LogP) is 6.93. The minimum Gasteiger partial charge on any atom is -0.491 e. The molecule has 2 aromatic heterocycles. The van der Waals surface area contributed by atoms with Crippen LogP contribution in [-0.2, 0) is 34.8 Å². The molecule has 0 saturated carbocycles. The van der Waals surface area contributed by atoms with Gasteiger partial charge in [-0.15, -0.1) is 0 Å². The van der Waals surface area contributed by atoms with E-state index in [2.05, 4.69) is 39.3 Å². The predicted molar refractivity (Wildman–Crippen MR) is 194 cm³/mol. The number of imidazole rings is 1.